The van der Waals surface area contributed by atoms with Gasteiger partial charge >= 0.3 is 5.97 Å². The molecule has 0 saturated heterocycles. The van der Waals surface area contributed by atoms with Gasteiger partial charge in [0, 0.05) is 6.54 Å². The van der Waals surface area contributed by atoms with Crippen LogP contribution in [0.5, 0.6) is 0 Å². The molecule has 0 bridgehead atoms. The van der Waals surface area contributed by atoms with E-state index in [0.717, 1.165) is 5.56 Å². The second-order valence-electron chi connectivity index (χ2n) is 6.37. The SMILES string of the molecule is CC(C)C(NC(=O)c1ccco1)C(=O)OCC(=O)NCCc1ccccc1. The average Bonchev–Trinajstić information content (AvgIpc) is 3.19. The lowest BCUT2D eigenvalue weighted by Crippen LogP contribution is -2.46. The van der Waals surface area contributed by atoms with Crippen LogP contribution in [0.1, 0.15) is 30.0 Å². The van der Waals surface area contributed by atoms with Gasteiger partial charge in [-0.25, -0.2) is 4.79 Å². The van der Waals surface area contributed by atoms with Gasteiger partial charge in [-0.1, -0.05) is 44.2 Å². The first-order valence-electron chi connectivity index (χ1n) is 8.79. The molecule has 1 heterocycles. The van der Waals surface area contributed by atoms with E-state index in [-0.39, 0.29) is 17.6 Å². The van der Waals surface area contributed by atoms with Gasteiger partial charge in [-0.2, -0.15) is 0 Å². The predicted molar refractivity (Wildman–Crippen MR) is 98.9 cm³/mol. The quantitative estimate of drug-likeness (QED) is 0.656. The second kappa shape index (κ2) is 10.2. The van der Waals surface area contributed by atoms with Crippen LogP contribution in [-0.2, 0) is 20.7 Å². The van der Waals surface area contributed by atoms with Crippen molar-refractivity contribution in [3.63, 3.8) is 0 Å². The van der Waals surface area contributed by atoms with Gasteiger partial charge in [-0.3, -0.25) is 9.59 Å². The lowest BCUT2D eigenvalue weighted by molar-refractivity contribution is -0.151. The summed E-state index contributed by atoms with van der Waals surface area (Å²) < 4.78 is 10.1. The van der Waals surface area contributed by atoms with Gasteiger partial charge in [0.2, 0.25) is 0 Å². The number of carbonyl (C=O) groups excluding carboxylic acids is 3. The largest absolute Gasteiger partial charge is 0.459 e. The number of hydrogen-bond acceptors (Lipinski definition) is 5. The Morgan fingerprint density at radius 1 is 1.07 bits per heavy atom. The number of benzene rings is 1. The number of ether oxygens (including phenoxy) is 1. The van der Waals surface area contributed by atoms with Crippen molar-refractivity contribution in [3.8, 4) is 0 Å². The van der Waals surface area contributed by atoms with Crippen LogP contribution in [0.2, 0.25) is 0 Å². The van der Waals surface area contributed by atoms with Gasteiger partial charge in [0.15, 0.2) is 12.4 Å². The van der Waals surface area contributed by atoms with E-state index >= 15 is 0 Å². The maximum absolute atomic E-state index is 12.2. The van der Waals surface area contributed by atoms with Crippen molar-refractivity contribution in [1.82, 2.24) is 10.6 Å². The summed E-state index contributed by atoms with van der Waals surface area (Å²) in [5, 5.41) is 5.27. The molecule has 2 aromatic rings. The number of esters is 1. The lowest BCUT2D eigenvalue weighted by atomic mass is 10.0. The summed E-state index contributed by atoms with van der Waals surface area (Å²) in [4.78, 5) is 36.1. The van der Waals surface area contributed by atoms with Crippen molar-refractivity contribution in [2.24, 2.45) is 5.92 Å². The molecule has 0 aliphatic carbocycles. The number of rotatable bonds is 9. The molecular weight excluding hydrogens is 348 g/mol. The summed E-state index contributed by atoms with van der Waals surface area (Å²) in [6.45, 7) is 3.60. The molecule has 1 aromatic heterocycles. The minimum absolute atomic E-state index is 0.104. The Morgan fingerprint density at radius 2 is 1.81 bits per heavy atom. The van der Waals surface area contributed by atoms with Crippen LogP contribution in [0.4, 0.5) is 0 Å². The van der Waals surface area contributed by atoms with E-state index < -0.39 is 24.5 Å². The zero-order valence-corrected chi connectivity index (χ0v) is 15.4. The number of furan rings is 1. The average molecular weight is 372 g/mol. The van der Waals surface area contributed by atoms with E-state index in [4.69, 9.17) is 9.15 Å². The number of carbonyl (C=O) groups is 3. The number of hydrogen-bond donors (Lipinski definition) is 2. The van der Waals surface area contributed by atoms with E-state index in [1.54, 1.807) is 19.9 Å². The molecule has 2 rings (SSSR count). The van der Waals surface area contributed by atoms with E-state index in [2.05, 4.69) is 10.6 Å². The highest BCUT2D eigenvalue weighted by Crippen LogP contribution is 2.07. The zero-order valence-electron chi connectivity index (χ0n) is 15.4. The zero-order chi connectivity index (χ0) is 19.6. The van der Waals surface area contributed by atoms with Crippen LogP contribution in [0, 0.1) is 5.92 Å². The molecule has 0 aliphatic heterocycles. The molecule has 1 aromatic carbocycles. The molecule has 0 fully saturated rings. The molecule has 0 aliphatic rings. The van der Waals surface area contributed by atoms with Gasteiger partial charge in [0.25, 0.3) is 11.8 Å². The molecule has 2 N–H and O–H groups in total. The van der Waals surface area contributed by atoms with Crippen molar-refractivity contribution in [3.05, 3.63) is 60.1 Å². The summed E-state index contributed by atoms with van der Waals surface area (Å²) in [7, 11) is 0. The van der Waals surface area contributed by atoms with E-state index in [9.17, 15) is 14.4 Å². The standard InChI is InChI=1S/C20H24N2O5/c1-14(2)18(22-19(24)16-9-6-12-26-16)20(25)27-13-17(23)21-11-10-15-7-4-3-5-8-15/h3-9,12,14,18H,10-11,13H2,1-2H3,(H,21,23)(H,22,24). The predicted octanol–water partition coefficient (Wildman–Crippen LogP) is 1.94. The van der Waals surface area contributed by atoms with E-state index in [1.165, 1.54) is 12.3 Å². The van der Waals surface area contributed by atoms with Crippen LogP contribution in [0.3, 0.4) is 0 Å². The van der Waals surface area contributed by atoms with Gasteiger partial charge in [0.1, 0.15) is 6.04 Å². The molecule has 7 nitrogen and oxygen atoms in total. The fourth-order valence-electron chi connectivity index (χ4n) is 2.39. The molecule has 0 saturated carbocycles. The molecule has 7 heteroatoms. The molecule has 1 unspecified atom stereocenters. The summed E-state index contributed by atoms with van der Waals surface area (Å²) in [6.07, 6.45) is 2.06. The smallest absolute Gasteiger partial charge is 0.329 e. The van der Waals surface area contributed by atoms with Crippen LogP contribution < -0.4 is 10.6 Å². The van der Waals surface area contributed by atoms with Gasteiger partial charge < -0.3 is 19.8 Å². The molecule has 144 valence electrons. The highest BCUT2D eigenvalue weighted by atomic mass is 16.5. The topological polar surface area (TPSA) is 97.6 Å². The number of amides is 2. The second-order valence-corrected chi connectivity index (χ2v) is 6.37. The maximum atomic E-state index is 12.2. The Bertz CT molecular complexity index is 741. The number of nitrogens with one attached hydrogen (secondary N) is 2. The third-order valence-corrected chi connectivity index (χ3v) is 3.88. The van der Waals surface area contributed by atoms with Crippen LogP contribution >= 0.6 is 0 Å². The van der Waals surface area contributed by atoms with Gasteiger partial charge in [0.05, 0.1) is 6.26 Å². The highest BCUT2D eigenvalue weighted by molar-refractivity contribution is 5.94. The Balaban J connectivity index is 1.75. The van der Waals surface area contributed by atoms with E-state index in [1.807, 2.05) is 30.3 Å². The van der Waals surface area contributed by atoms with E-state index in [0.29, 0.717) is 13.0 Å². The summed E-state index contributed by atoms with van der Waals surface area (Å²) in [5.74, 6) is -1.67. The summed E-state index contributed by atoms with van der Waals surface area (Å²) in [5.41, 5.74) is 1.11. The lowest BCUT2D eigenvalue weighted by Gasteiger charge is -2.20. The Labute approximate surface area is 158 Å². The Hall–Kier alpha value is -3.09. The van der Waals surface area contributed by atoms with Gasteiger partial charge in [-0.15, -0.1) is 0 Å². The minimum atomic E-state index is -0.875. The molecule has 27 heavy (non-hydrogen) atoms. The van der Waals surface area contributed by atoms with Crippen molar-refractivity contribution < 1.29 is 23.5 Å². The fourth-order valence-corrected chi connectivity index (χ4v) is 2.39. The molecule has 2 amide bonds. The van der Waals surface area contributed by atoms with Gasteiger partial charge in [-0.05, 0) is 30.0 Å². The first kappa shape index (κ1) is 20.2. The fraction of sp³-hybridized carbons (Fsp3) is 0.350. The Morgan fingerprint density at radius 3 is 2.44 bits per heavy atom. The normalized spacial score (nSPS) is 11.7. The Kier molecular flexibility index (Phi) is 7.61. The van der Waals surface area contributed by atoms with Crippen molar-refractivity contribution in [2.75, 3.05) is 13.2 Å². The van der Waals surface area contributed by atoms with Crippen molar-refractivity contribution in [2.45, 2.75) is 26.3 Å². The van der Waals surface area contributed by atoms with Crippen LogP contribution in [0.15, 0.2) is 53.1 Å². The third kappa shape index (κ3) is 6.62. The summed E-state index contributed by atoms with van der Waals surface area (Å²) >= 11 is 0. The minimum Gasteiger partial charge on any atom is -0.459 e. The third-order valence-electron chi connectivity index (χ3n) is 3.88. The van der Waals surface area contributed by atoms with Crippen LogP contribution in [0.25, 0.3) is 0 Å². The first-order valence-corrected chi connectivity index (χ1v) is 8.79. The van der Waals surface area contributed by atoms with Crippen LogP contribution in [-0.4, -0.2) is 37.0 Å². The molecule has 1 atom stereocenters. The van der Waals surface area contributed by atoms with Crippen molar-refractivity contribution in [1.29, 1.82) is 0 Å². The molecular formula is C20H24N2O5. The maximum Gasteiger partial charge on any atom is 0.329 e. The first-order chi connectivity index (χ1) is 13.0. The molecule has 0 spiro atoms. The molecule has 0 radical (unpaired) electrons. The summed E-state index contributed by atoms with van der Waals surface area (Å²) in [6, 6.07) is 11.9. The monoisotopic (exact) mass is 372 g/mol. The van der Waals surface area contributed by atoms with Crippen molar-refractivity contribution >= 4 is 17.8 Å². The highest BCUT2D eigenvalue weighted by Gasteiger charge is 2.27.